The summed E-state index contributed by atoms with van der Waals surface area (Å²) in [6.45, 7) is 1.96. The van der Waals surface area contributed by atoms with Gasteiger partial charge < -0.3 is 19.3 Å². The Labute approximate surface area is 120 Å². The summed E-state index contributed by atoms with van der Waals surface area (Å²) in [7, 11) is 4.16. The zero-order valence-corrected chi connectivity index (χ0v) is 12.9. The summed E-state index contributed by atoms with van der Waals surface area (Å²) >= 11 is 3.39. The van der Waals surface area contributed by atoms with Crippen molar-refractivity contribution in [2.24, 2.45) is 0 Å². The predicted molar refractivity (Wildman–Crippen MR) is 73.6 cm³/mol. The number of aryl methyl sites for hydroxylation is 1. The van der Waals surface area contributed by atoms with Crippen LogP contribution in [0.25, 0.3) is 0 Å². The quantitative estimate of drug-likeness (QED) is 0.837. The number of carbonyl (C=O) groups is 1. The van der Waals surface area contributed by atoms with E-state index in [4.69, 9.17) is 9.47 Å². The number of esters is 1. The molecule has 1 unspecified atom stereocenters. The van der Waals surface area contributed by atoms with Crippen LogP contribution >= 0.6 is 15.9 Å². The molecule has 1 atom stereocenters. The first-order valence-corrected chi connectivity index (χ1v) is 6.50. The number of benzene rings is 1. The minimum absolute atomic E-state index is 0.310. The van der Waals surface area contributed by atoms with Crippen LogP contribution in [-0.2, 0) is 16.0 Å². The molecule has 1 rings (SSSR count). The lowest BCUT2D eigenvalue weighted by molar-refractivity contribution is -0.150. The highest BCUT2D eigenvalue weighted by Crippen LogP contribution is 2.42. The zero-order valence-electron chi connectivity index (χ0n) is 11.3. The van der Waals surface area contributed by atoms with Crippen LogP contribution in [-0.4, -0.2) is 32.4 Å². The van der Waals surface area contributed by atoms with E-state index >= 15 is 0 Å². The van der Waals surface area contributed by atoms with E-state index in [0.29, 0.717) is 28.0 Å². The molecule has 19 heavy (non-hydrogen) atoms. The van der Waals surface area contributed by atoms with Crippen LogP contribution in [0.15, 0.2) is 10.5 Å². The van der Waals surface area contributed by atoms with Gasteiger partial charge in [-0.25, -0.2) is 4.79 Å². The second-order valence-electron chi connectivity index (χ2n) is 3.78. The lowest BCUT2D eigenvalue weighted by Gasteiger charge is -2.19. The summed E-state index contributed by atoms with van der Waals surface area (Å²) in [4.78, 5) is 11.5. The van der Waals surface area contributed by atoms with Gasteiger partial charge in [-0.2, -0.15) is 0 Å². The maximum absolute atomic E-state index is 11.5. The van der Waals surface area contributed by atoms with Gasteiger partial charge in [-0.1, -0.05) is 6.92 Å². The van der Waals surface area contributed by atoms with Crippen molar-refractivity contribution in [1.82, 2.24) is 0 Å². The van der Waals surface area contributed by atoms with Gasteiger partial charge in [-0.15, -0.1) is 0 Å². The standard InChI is InChI=1S/C13H17BrO5/c1-5-7-6-8(17-2)12(18-3)9(10(7)14)11(15)13(16)19-4/h6,11,15H,5H2,1-4H3. The van der Waals surface area contributed by atoms with E-state index in [1.807, 2.05) is 6.92 Å². The molecular formula is C13H17BrO5. The Hall–Kier alpha value is -1.27. The Kier molecular flexibility index (Phi) is 5.62. The Morgan fingerprint density at radius 1 is 1.37 bits per heavy atom. The van der Waals surface area contributed by atoms with Gasteiger partial charge in [-0.3, -0.25) is 0 Å². The van der Waals surface area contributed by atoms with Crippen molar-refractivity contribution < 1.29 is 24.1 Å². The first-order chi connectivity index (χ1) is 9.01. The van der Waals surface area contributed by atoms with E-state index in [-0.39, 0.29) is 0 Å². The maximum atomic E-state index is 11.5. The fourth-order valence-electron chi connectivity index (χ4n) is 1.79. The van der Waals surface area contributed by atoms with Crippen LogP contribution in [0.4, 0.5) is 0 Å². The minimum atomic E-state index is -1.44. The molecule has 6 heteroatoms. The van der Waals surface area contributed by atoms with Gasteiger partial charge in [0.1, 0.15) is 0 Å². The second-order valence-corrected chi connectivity index (χ2v) is 4.57. The molecule has 5 nitrogen and oxygen atoms in total. The third-order valence-corrected chi connectivity index (χ3v) is 3.73. The van der Waals surface area contributed by atoms with Crippen LogP contribution in [0.5, 0.6) is 11.5 Å². The van der Waals surface area contributed by atoms with Crippen LogP contribution in [0.3, 0.4) is 0 Å². The first-order valence-electron chi connectivity index (χ1n) is 5.70. The highest BCUT2D eigenvalue weighted by Gasteiger charge is 2.28. The van der Waals surface area contributed by atoms with Gasteiger partial charge in [0.05, 0.1) is 26.9 Å². The van der Waals surface area contributed by atoms with Crippen LogP contribution in [0.1, 0.15) is 24.2 Å². The zero-order chi connectivity index (χ0) is 14.6. The molecular weight excluding hydrogens is 316 g/mol. The van der Waals surface area contributed by atoms with E-state index in [1.54, 1.807) is 6.07 Å². The fourth-order valence-corrected chi connectivity index (χ4v) is 2.58. The largest absolute Gasteiger partial charge is 0.493 e. The number of aliphatic hydroxyl groups excluding tert-OH is 1. The van der Waals surface area contributed by atoms with Gasteiger partial charge in [0.15, 0.2) is 17.6 Å². The van der Waals surface area contributed by atoms with Crippen molar-refractivity contribution in [1.29, 1.82) is 0 Å². The van der Waals surface area contributed by atoms with E-state index < -0.39 is 12.1 Å². The van der Waals surface area contributed by atoms with Gasteiger partial charge in [0.2, 0.25) is 0 Å². The molecule has 0 fully saturated rings. The maximum Gasteiger partial charge on any atom is 0.339 e. The van der Waals surface area contributed by atoms with Crippen LogP contribution in [0, 0.1) is 0 Å². The number of halogens is 1. The molecule has 0 spiro atoms. The molecule has 1 aromatic carbocycles. The molecule has 0 bridgehead atoms. The summed E-state index contributed by atoms with van der Waals surface area (Å²) in [6.07, 6.45) is -0.725. The lowest BCUT2D eigenvalue weighted by atomic mass is 10.0. The molecule has 0 saturated carbocycles. The number of aliphatic hydroxyl groups is 1. The molecule has 0 aliphatic heterocycles. The van der Waals surface area contributed by atoms with Crippen LogP contribution in [0.2, 0.25) is 0 Å². The molecule has 0 aliphatic carbocycles. The van der Waals surface area contributed by atoms with Crippen molar-refractivity contribution in [3.8, 4) is 11.5 Å². The average molecular weight is 333 g/mol. The van der Waals surface area contributed by atoms with Gasteiger partial charge >= 0.3 is 5.97 Å². The molecule has 0 saturated heterocycles. The van der Waals surface area contributed by atoms with Crippen molar-refractivity contribution in [2.75, 3.05) is 21.3 Å². The molecule has 0 amide bonds. The molecule has 0 heterocycles. The number of carbonyl (C=O) groups excluding carboxylic acids is 1. The van der Waals surface area contributed by atoms with Gasteiger partial charge in [0, 0.05) is 4.47 Å². The first kappa shape index (κ1) is 15.8. The van der Waals surface area contributed by atoms with Crippen molar-refractivity contribution in [3.05, 3.63) is 21.7 Å². The Bertz CT molecular complexity index is 473. The van der Waals surface area contributed by atoms with E-state index in [1.165, 1.54) is 21.3 Å². The highest BCUT2D eigenvalue weighted by molar-refractivity contribution is 9.10. The minimum Gasteiger partial charge on any atom is -0.493 e. The normalized spacial score (nSPS) is 11.9. The van der Waals surface area contributed by atoms with E-state index in [9.17, 15) is 9.90 Å². The second kappa shape index (κ2) is 6.77. The SMILES string of the molecule is CCc1cc(OC)c(OC)c(C(O)C(=O)OC)c1Br. The molecule has 0 radical (unpaired) electrons. The Morgan fingerprint density at radius 3 is 2.42 bits per heavy atom. The fraction of sp³-hybridized carbons (Fsp3) is 0.462. The monoisotopic (exact) mass is 332 g/mol. The van der Waals surface area contributed by atoms with Crippen molar-refractivity contribution in [2.45, 2.75) is 19.4 Å². The predicted octanol–water partition coefficient (Wildman–Crippen LogP) is 2.24. The van der Waals surface area contributed by atoms with E-state index in [0.717, 1.165) is 5.56 Å². The number of methoxy groups -OCH3 is 3. The average Bonchev–Trinajstić information content (AvgIpc) is 2.44. The summed E-state index contributed by atoms with van der Waals surface area (Å²) in [5.41, 5.74) is 1.21. The van der Waals surface area contributed by atoms with Crippen molar-refractivity contribution in [3.63, 3.8) is 0 Å². The van der Waals surface area contributed by atoms with Crippen LogP contribution < -0.4 is 9.47 Å². The number of ether oxygens (including phenoxy) is 3. The van der Waals surface area contributed by atoms with E-state index in [2.05, 4.69) is 20.7 Å². The van der Waals surface area contributed by atoms with Gasteiger partial charge in [-0.05, 0) is 34.0 Å². The third-order valence-electron chi connectivity index (χ3n) is 2.79. The lowest BCUT2D eigenvalue weighted by Crippen LogP contribution is -2.16. The molecule has 0 aliphatic rings. The number of hydrogen-bond acceptors (Lipinski definition) is 5. The summed E-state index contributed by atoms with van der Waals surface area (Å²) in [6, 6.07) is 1.80. The molecule has 1 aromatic rings. The molecule has 0 aromatic heterocycles. The third kappa shape index (κ3) is 3.01. The summed E-state index contributed by atoms with van der Waals surface area (Å²) in [5.74, 6) is 0.0132. The Morgan fingerprint density at radius 2 is 2.00 bits per heavy atom. The summed E-state index contributed by atoms with van der Waals surface area (Å²) < 4.78 is 15.6. The number of hydrogen-bond donors (Lipinski definition) is 1. The molecule has 1 N–H and O–H groups in total. The highest BCUT2D eigenvalue weighted by atomic mass is 79.9. The number of rotatable bonds is 5. The van der Waals surface area contributed by atoms with Gasteiger partial charge in [0.25, 0.3) is 0 Å². The smallest absolute Gasteiger partial charge is 0.339 e. The Balaban J connectivity index is 3.53. The van der Waals surface area contributed by atoms with Crippen molar-refractivity contribution >= 4 is 21.9 Å². The summed E-state index contributed by atoms with van der Waals surface area (Å²) in [5, 5.41) is 10.1. The molecule has 106 valence electrons. The topological polar surface area (TPSA) is 65.0 Å².